The van der Waals surface area contributed by atoms with E-state index < -0.39 is 15.9 Å². The van der Waals surface area contributed by atoms with Crippen LogP contribution in [0.15, 0.2) is 35.5 Å². The highest BCUT2D eigenvalue weighted by Crippen LogP contribution is 2.60. The van der Waals surface area contributed by atoms with Crippen molar-refractivity contribution in [3.05, 3.63) is 36.2 Å². The zero-order valence-corrected chi connectivity index (χ0v) is 17.7. The Morgan fingerprint density at radius 1 is 1.10 bits per heavy atom. The largest absolute Gasteiger partial charge is 0.475 e. The summed E-state index contributed by atoms with van der Waals surface area (Å²) < 4.78 is 59.9. The van der Waals surface area contributed by atoms with Crippen molar-refractivity contribution in [2.75, 3.05) is 23.2 Å². The number of nitrogens with zero attached hydrogens (tertiary/aromatic N) is 3. The predicted octanol–water partition coefficient (Wildman–Crippen LogP) is 3.72. The molecule has 5 rings (SSSR count). The van der Waals surface area contributed by atoms with Crippen molar-refractivity contribution in [2.24, 2.45) is 5.41 Å². The molecule has 1 aromatic heterocycles. The second kappa shape index (κ2) is 7.01. The number of ether oxygens (including phenoxy) is 1. The molecule has 2 aromatic rings. The quantitative estimate of drug-likeness (QED) is 0.749. The lowest BCUT2D eigenvalue weighted by atomic mass is 9.57. The lowest BCUT2D eigenvalue weighted by molar-refractivity contribution is -0.173. The molecule has 0 saturated heterocycles. The Balaban J connectivity index is 1.34. The standard InChI is InChI=1S/C21H24F2N4O3S/c22-21(23)11-20(12-21)7-5-15(6-8-20)14-1-3-16(4-2-14)27-9-10-30-19-17(31(27,28)29)18(24)25-13-26-19/h1-4,13,15H,5-12H2,(H2,24,25,26). The molecular weight excluding hydrogens is 426 g/mol. The lowest BCUT2D eigenvalue weighted by Gasteiger charge is -2.51. The summed E-state index contributed by atoms with van der Waals surface area (Å²) in [6.07, 6.45) is 4.63. The van der Waals surface area contributed by atoms with Crippen LogP contribution < -0.4 is 14.8 Å². The van der Waals surface area contributed by atoms with Gasteiger partial charge in [0, 0.05) is 12.8 Å². The van der Waals surface area contributed by atoms with E-state index in [9.17, 15) is 17.2 Å². The van der Waals surface area contributed by atoms with Crippen molar-refractivity contribution in [1.29, 1.82) is 0 Å². The third-order valence-corrected chi connectivity index (χ3v) is 8.72. The van der Waals surface area contributed by atoms with Gasteiger partial charge in [-0.3, -0.25) is 4.31 Å². The number of halogens is 2. The maximum absolute atomic E-state index is 13.3. The molecule has 1 spiro atoms. The predicted molar refractivity (Wildman–Crippen MR) is 111 cm³/mol. The molecule has 0 amide bonds. The van der Waals surface area contributed by atoms with E-state index in [0.29, 0.717) is 11.6 Å². The normalized spacial score (nSPS) is 24.0. The summed E-state index contributed by atoms with van der Waals surface area (Å²) in [6.45, 7) is 0.261. The molecule has 0 unspecified atom stereocenters. The molecular formula is C21H24F2N4O3S. The van der Waals surface area contributed by atoms with Crippen LogP contribution in [0.2, 0.25) is 0 Å². The first-order valence-electron chi connectivity index (χ1n) is 10.4. The molecule has 2 fully saturated rings. The van der Waals surface area contributed by atoms with E-state index >= 15 is 0 Å². The number of fused-ring (bicyclic) bond motifs is 1. The Hall–Kier alpha value is -2.49. The molecule has 166 valence electrons. The van der Waals surface area contributed by atoms with E-state index in [1.165, 1.54) is 10.6 Å². The summed E-state index contributed by atoms with van der Waals surface area (Å²) in [6, 6.07) is 7.42. The lowest BCUT2D eigenvalue weighted by Crippen LogP contribution is -2.47. The minimum absolute atomic E-state index is 0.0227. The van der Waals surface area contributed by atoms with Crippen molar-refractivity contribution in [3.63, 3.8) is 0 Å². The van der Waals surface area contributed by atoms with Gasteiger partial charge in [-0.05, 0) is 54.7 Å². The van der Waals surface area contributed by atoms with Crippen molar-refractivity contribution >= 4 is 21.5 Å². The number of anilines is 2. The van der Waals surface area contributed by atoms with Gasteiger partial charge >= 0.3 is 0 Å². The fraction of sp³-hybridized carbons (Fsp3) is 0.524. The number of nitrogens with two attached hydrogens (primary N) is 1. The third kappa shape index (κ3) is 3.50. The first-order valence-corrected chi connectivity index (χ1v) is 11.9. The molecule has 0 bridgehead atoms. The molecule has 1 aliphatic heterocycles. The van der Waals surface area contributed by atoms with Gasteiger partial charge < -0.3 is 10.5 Å². The average Bonchev–Trinajstić information content (AvgIpc) is 2.83. The van der Waals surface area contributed by atoms with Gasteiger partial charge in [-0.15, -0.1) is 0 Å². The van der Waals surface area contributed by atoms with E-state index in [1.807, 2.05) is 12.1 Å². The fourth-order valence-corrected chi connectivity index (χ4v) is 6.90. The Bertz CT molecular complexity index is 1090. The van der Waals surface area contributed by atoms with Crippen LogP contribution in [0.4, 0.5) is 20.3 Å². The SMILES string of the molecule is Nc1ncnc2c1S(=O)(=O)N(c1ccc(C3CCC4(CC3)CC(F)(F)C4)cc1)CCO2. The Morgan fingerprint density at radius 2 is 1.77 bits per heavy atom. The highest BCUT2D eigenvalue weighted by atomic mass is 32.2. The number of benzene rings is 1. The van der Waals surface area contributed by atoms with Gasteiger partial charge in [0.25, 0.3) is 10.0 Å². The first-order chi connectivity index (χ1) is 14.7. The van der Waals surface area contributed by atoms with Gasteiger partial charge in [-0.1, -0.05) is 12.1 Å². The van der Waals surface area contributed by atoms with Crippen molar-refractivity contribution in [3.8, 4) is 5.88 Å². The van der Waals surface area contributed by atoms with Crippen LogP contribution in [0, 0.1) is 5.41 Å². The third-order valence-electron chi connectivity index (χ3n) is 6.85. The first kappa shape index (κ1) is 20.4. The Kier molecular flexibility index (Phi) is 4.62. The second-order valence-electron chi connectivity index (χ2n) is 8.89. The van der Waals surface area contributed by atoms with Crippen LogP contribution >= 0.6 is 0 Å². The molecule has 2 aliphatic carbocycles. The number of hydrogen-bond acceptors (Lipinski definition) is 6. The van der Waals surface area contributed by atoms with E-state index in [2.05, 4.69) is 9.97 Å². The summed E-state index contributed by atoms with van der Waals surface area (Å²) in [5, 5.41) is 0. The van der Waals surface area contributed by atoms with Crippen LogP contribution in [0.5, 0.6) is 5.88 Å². The minimum Gasteiger partial charge on any atom is -0.475 e. The molecule has 10 heteroatoms. The van der Waals surface area contributed by atoms with Gasteiger partial charge in [0.05, 0.1) is 12.2 Å². The monoisotopic (exact) mass is 450 g/mol. The second-order valence-corrected chi connectivity index (χ2v) is 10.7. The molecule has 3 aliphatic rings. The molecule has 1 aromatic carbocycles. The zero-order chi connectivity index (χ0) is 21.9. The van der Waals surface area contributed by atoms with E-state index in [-0.39, 0.29) is 48.0 Å². The number of sulfonamides is 1. The molecule has 2 heterocycles. The number of hydrogen-bond donors (Lipinski definition) is 1. The molecule has 7 nitrogen and oxygen atoms in total. The van der Waals surface area contributed by atoms with Gasteiger partial charge in [0.1, 0.15) is 12.9 Å². The van der Waals surface area contributed by atoms with Gasteiger partial charge in [0.2, 0.25) is 11.8 Å². The average molecular weight is 451 g/mol. The molecule has 2 saturated carbocycles. The van der Waals surface area contributed by atoms with Gasteiger partial charge in [0.15, 0.2) is 10.7 Å². The number of rotatable bonds is 2. The maximum Gasteiger partial charge on any atom is 0.273 e. The molecule has 0 atom stereocenters. The van der Waals surface area contributed by atoms with Gasteiger partial charge in [-0.25, -0.2) is 27.2 Å². The summed E-state index contributed by atoms with van der Waals surface area (Å²) >= 11 is 0. The van der Waals surface area contributed by atoms with E-state index in [4.69, 9.17) is 10.5 Å². The molecule has 2 N–H and O–H groups in total. The minimum atomic E-state index is -3.98. The maximum atomic E-state index is 13.3. The van der Waals surface area contributed by atoms with Gasteiger partial charge in [-0.2, -0.15) is 0 Å². The Labute approximate surface area is 179 Å². The highest BCUT2D eigenvalue weighted by molar-refractivity contribution is 7.93. The number of aromatic nitrogens is 2. The van der Waals surface area contributed by atoms with Crippen LogP contribution in [0.1, 0.15) is 50.0 Å². The van der Waals surface area contributed by atoms with Crippen molar-refractivity contribution in [2.45, 2.75) is 55.3 Å². The smallest absolute Gasteiger partial charge is 0.273 e. The summed E-state index contributed by atoms with van der Waals surface area (Å²) in [7, 11) is -3.98. The molecule has 31 heavy (non-hydrogen) atoms. The molecule has 0 radical (unpaired) electrons. The van der Waals surface area contributed by atoms with Crippen molar-refractivity contribution in [1.82, 2.24) is 9.97 Å². The number of nitrogen functional groups attached to an aromatic ring is 1. The zero-order valence-electron chi connectivity index (χ0n) is 16.9. The summed E-state index contributed by atoms with van der Waals surface area (Å²) in [5.74, 6) is -2.36. The number of alkyl halides is 2. The van der Waals surface area contributed by atoms with E-state index in [1.54, 1.807) is 12.1 Å². The van der Waals surface area contributed by atoms with Crippen LogP contribution in [0.3, 0.4) is 0 Å². The Morgan fingerprint density at radius 3 is 2.42 bits per heavy atom. The van der Waals surface area contributed by atoms with E-state index in [0.717, 1.165) is 31.2 Å². The van der Waals surface area contributed by atoms with Crippen molar-refractivity contribution < 1.29 is 21.9 Å². The highest BCUT2D eigenvalue weighted by Gasteiger charge is 2.56. The van der Waals surface area contributed by atoms with Crippen LogP contribution in [-0.4, -0.2) is 37.5 Å². The summed E-state index contributed by atoms with van der Waals surface area (Å²) in [4.78, 5) is 7.49. The fourth-order valence-electron chi connectivity index (χ4n) is 5.31. The van der Waals surface area contributed by atoms with Crippen LogP contribution in [0.25, 0.3) is 0 Å². The summed E-state index contributed by atoms with van der Waals surface area (Å²) in [5.41, 5.74) is 7.26. The van der Waals surface area contributed by atoms with Crippen LogP contribution in [-0.2, 0) is 10.0 Å². The topological polar surface area (TPSA) is 98.4 Å².